The molecule has 33 heavy (non-hydrogen) atoms. The number of carbonyl (C=O) groups excluding carboxylic acids is 1. The molecule has 3 aromatic carbocycles. The molecule has 0 atom stereocenters. The smallest absolute Gasteiger partial charge is 0.399 e. The van der Waals surface area contributed by atoms with E-state index < -0.39 is 11.7 Å². The number of nitrogens with zero attached hydrogens (tertiary/aromatic N) is 1. The van der Waals surface area contributed by atoms with E-state index in [1.165, 1.54) is 6.07 Å². The zero-order valence-electron chi connectivity index (χ0n) is 17.5. The second-order valence-electron chi connectivity index (χ2n) is 7.57. The van der Waals surface area contributed by atoms with Crippen molar-refractivity contribution in [2.75, 3.05) is 12.3 Å². The predicted octanol–water partition coefficient (Wildman–Crippen LogP) is 5.32. The van der Waals surface area contributed by atoms with E-state index in [4.69, 9.17) is 5.73 Å². The highest BCUT2D eigenvalue weighted by atomic mass is 19.4. The van der Waals surface area contributed by atoms with Gasteiger partial charge in [-0.3, -0.25) is 9.89 Å². The van der Waals surface area contributed by atoms with E-state index in [1.807, 2.05) is 24.3 Å². The van der Waals surface area contributed by atoms with Crippen LogP contribution in [0, 0.1) is 0 Å². The van der Waals surface area contributed by atoms with Gasteiger partial charge in [-0.1, -0.05) is 36.4 Å². The van der Waals surface area contributed by atoms with Crippen LogP contribution in [0.25, 0.3) is 22.5 Å². The van der Waals surface area contributed by atoms with Crippen molar-refractivity contribution in [1.29, 1.82) is 0 Å². The topological polar surface area (TPSA) is 83.8 Å². The molecule has 168 valence electrons. The maximum atomic E-state index is 13.0. The van der Waals surface area contributed by atoms with Gasteiger partial charge in [-0.15, -0.1) is 0 Å². The van der Waals surface area contributed by atoms with Crippen molar-refractivity contribution in [2.45, 2.75) is 12.6 Å². The van der Waals surface area contributed by atoms with E-state index in [0.29, 0.717) is 41.2 Å². The fourth-order valence-electron chi connectivity index (χ4n) is 3.38. The summed E-state index contributed by atoms with van der Waals surface area (Å²) in [6.07, 6.45) is -3.72. The van der Waals surface area contributed by atoms with Crippen molar-refractivity contribution in [1.82, 2.24) is 15.5 Å². The molecule has 5 nitrogen and oxygen atoms in total. The van der Waals surface area contributed by atoms with E-state index in [1.54, 1.807) is 36.4 Å². The molecular weight excluding hydrogens is 429 g/mol. The van der Waals surface area contributed by atoms with Crippen LogP contribution in [0.15, 0.2) is 78.9 Å². The number of benzene rings is 3. The standard InChI is InChI=1S/C25H21F3N4O/c26-25(27,28)20-3-1-2-19(14-20)23-15-22(31-32-23)17-6-8-18(9-7-17)24(33)30-13-12-16-4-10-21(29)11-5-16/h1-11,14-15H,12-13,29H2,(H,30,33)(H,31,32). The first kappa shape index (κ1) is 22.1. The Kier molecular flexibility index (Phi) is 6.17. The molecule has 0 saturated carbocycles. The van der Waals surface area contributed by atoms with Gasteiger partial charge in [0.2, 0.25) is 0 Å². The molecule has 0 aliphatic rings. The normalized spacial score (nSPS) is 11.4. The van der Waals surface area contributed by atoms with Crippen LogP contribution < -0.4 is 11.1 Å². The summed E-state index contributed by atoms with van der Waals surface area (Å²) in [6.45, 7) is 0.490. The van der Waals surface area contributed by atoms with Crippen LogP contribution in [0.2, 0.25) is 0 Å². The highest BCUT2D eigenvalue weighted by molar-refractivity contribution is 5.94. The number of halogens is 3. The second kappa shape index (κ2) is 9.20. The molecule has 0 saturated heterocycles. The number of hydrogen-bond donors (Lipinski definition) is 3. The number of carbonyl (C=O) groups is 1. The van der Waals surface area contributed by atoms with Gasteiger partial charge >= 0.3 is 6.18 Å². The molecular formula is C25H21F3N4O. The third-order valence-electron chi connectivity index (χ3n) is 5.20. The Balaban J connectivity index is 1.40. The van der Waals surface area contributed by atoms with Gasteiger partial charge < -0.3 is 11.1 Å². The summed E-state index contributed by atoms with van der Waals surface area (Å²) in [5.41, 5.74) is 9.40. The van der Waals surface area contributed by atoms with E-state index in [9.17, 15) is 18.0 Å². The molecule has 4 N–H and O–H groups in total. The zero-order valence-corrected chi connectivity index (χ0v) is 17.5. The maximum Gasteiger partial charge on any atom is 0.416 e. The maximum absolute atomic E-state index is 13.0. The van der Waals surface area contributed by atoms with Crippen LogP contribution in [0.3, 0.4) is 0 Å². The van der Waals surface area contributed by atoms with Crippen molar-refractivity contribution in [3.63, 3.8) is 0 Å². The van der Waals surface area contributed by atoms with E-state index in [0.717, 1.165) is 23.3 Å². The van der Waals surface area contributed by atoms with Gasteiger partial charge in [0, 0.05) is 28.9 Å². The molecule has 0 radical (unpaired) electrons. The highest BCUT2D eigenvalue weighted by Gasteiger charge is 2.30. The highest BCUT2D eigenvalue weighted by Crippen LogP contribution is 2.32. The van der Waals surface area contributed by atoms with Gasteiger partial charge in [0.05, 0.1) is 17.0 Å². The van der Waals surface area contributed by atoms with Crippen molar-refractivity contribution in [3.05, 3.63) is 95.6 Å². The number of nitrogens with two attached hydrogens (primary N) is 1. The number of anilines is 1. The lowest BCUT2D eigenvalue weighted by Crippen LogP contribution is -2.25. The molecule has 0 fully saturated rings. The number of nitrogen functional groups attached to an aromatic ring is 1. The Morgan fingerprint density at radius 1 is 0.939 bits per heavy atom. The molecule has 4 rings (SSSR count). The molecule has 1 amide bonds. The summed E-state index contributed by atoms with van der Waals surface area (Å²) in [4.78, 5) is 12.4. The third kappa shape index (κ3) is 5.41. The SMILES string of the molecule is Nc1ccc(CCNC(=O)c2ccc(-c3cc(-c4cccc(C(F)(F)F)c4)[nH]n3)cc2)cc1. The minimum Gasteiger partial charge on any atom is -0.399 e. The molecule has 0 spiro atoms. The number of hydrogen-bond acceptors (Lipinski definition) is 3. The van der Waals surface area contributed by atoms with Crippen molar-refractivity contribution in [2.24, 2.45) is 0 Å². The fraction of sp³-hybridized carbons (Fsp3) is 0.120. The molecule has 0 bridgehead atoms. The Morgan fingerprint density at radius 3 is 2.36 bits per heavy atom. The van der Waals surface area contributed by atoms with Crippen LogP contribution >= 0.6 is 0 Å². The van der Waals surface area contributed by atoms with Gasteiger partial charge in [-0.2, -0.15) is 18.3 Å². The minimum atomic E-state index is -4.41. The summed E-state index contributed by atoms with van der Waals surface area (Å²) in [5.74, 6) is -0.191. The number of H-pyrrole nitrogens is 1. The summed E-state index contributed by atoms with van der Waals surface area (Å²) >= 11 is 0. The van der Waals surface area contributed by atoms with Gasteiger partial charge in [0.1, 0.15) is 0 Å². The van der Waals surface area contributed by atoms with Gasteiger partial charge in [0.15, 0.2) is 0 Å². The molecule has 0 aliphatic carbocycles. The number of rotatable bonds is 6. The molecule has 1 aromatic heterocycles. The summed E-state index contributed by atoms with van der Waals surface area (Å²) in [6, 6.07) is 21.1. The quantitative estimate of drug-likeness (QED) is 0.348. The minimum absolute atomic E-state index is 0.191. The number of aromatic amines is 1. The van der Waals surface area contributed by atoms with Gasteiger partial charge in [-0.05, 0) is 54.4 Å². The van der Waals surface area contributed by atoms with Crippen molar-refractivity contribution >= 4 is 11.6 Å². The largest absolute Gasteiger partial charge is 0.416 e. The summed E-state index contributed by atoms with van der Waals surface area (Å²) in [5, 5.41) is 9.86. The summed E-state index contributed by atoms with van der Waals surface area (Å²) in [7, 11) is 0. The Bertz CT molecular complexity index is 1250. The molecule has 1 heterocycles. The van der Waals surface area contributed by atoms with E-state index in [2.05, 4.69) is 15.5 Å². The van der Waals surface area contributed by atoms with Crippen LogP contribution in [0.1, 0.15) is 21.5 Å². The summed E-state index contributed by atoms with van der Waals surface area (Å²) < 4.78 is 38.9. The average Bonchev–Trinajstić information content (AvgIpc) is 3.30. The van der Waals surface area contributed by atoms with Crippen molar-refractivity contribution in [3.8, 4) is 22.5 Å². The monoisotopic (exact) mass is 450 g/mol. The van der Waals surface area contributed by atoms with E-state index >= 15 is 0 Å². The third-order valence-corrected chi connectivity index (χ3v) is 5.20. The number of nitrogens with one attached hydrogen (secondary N) is 2. The van der Waals surface area contributed by atoms with Crippen LogP contribution in [-0.2, 0) is 12.6 Å². The predicted molar refractivity (Wildman–Crippen MR) is 121 cm³/mol. The number of amides is 1. The number of aromatic nitrogens is 2. The fourth-order valence-corrected chi connectivity index (χ4v) is 3.38. The Labute approximate surface area is 188 Å². The lowest BCUT2D eigenvalue weighted by molar-refractivity contribution is -0.137. The van der Waals surface area contributed by atoms with E-state index in [-0.39, 0.29) is 5.91 Å². The first-order valence-corrected chi connectivity index (χ1v) is 10.3. The van der Waals surface area contributed by atoms with Crippen LogP contribution in [0.4, 0.5) is 18.9 Å². The molecule has 8 heteroatoms. The first-order valence-electron chi connectivity index (χ1n) is 10.3. The average molecular weight is 450 g/mol. The zero-order chi connectivity index (χ0) is 23.4. The molecule has 0 unspecified atom stereocenters. The lowest BCUT2D eigenvalue weighted by Gasteiger charge is -2.07. The van der Waals surface area contributed by atoms with Crippen LogP contribution in [0.5, 0.6) is 0 Å². The second-order valence-corrected chi connectivity index (χ2v) is 7.57. The number of alkyl halides is 3. The molecule has 4 aromatic rings. The first-order chi connectivity index (χ1) is 15.8. The molecule has 0 aliphatic heterocycles. The van der Waals surface area contributed by atoms with Gasteiger partial charge in [-0.25, -0.2) is 0 Å². The van der Waals surface area contributed by atoms with Crippen molar-refractivity contribution < 1.29 is 18.0 Å². The Morgan fingerprint density at radius 2 is 1.67 bits per heavy atom. The van der Waals surface area contributed by atoms with Crippen LogP contribution in [-0.4, -0.2) is 22.6 Å². The Hall–Kier alpha value is -4.07. The lowest BCUT2D eigenvalue weighted by atomic mass is 10.1. The van der Waals surface area contributed by atoms with Gasteiger partial charge in [0.25, 0.3) is 5.91 Å².